The third-order valence-corrected chi connectivity index (χ3v) is 5.82. The first-order chi connectivity index (χ1) is 11.6. The molecule has 2 fully saturated rings. The minimum absolute atomic E-state index is 0.103. The molecular weight excluding hydrogens is 343 g/mol. The second kappa shape index (κ2) is 8.55. The van der Waals surface area contributed by atoms with Crippen LogP contribution in [0.25, 0.3) is 0 Å². The molecule has 132 valence electrons. The number of piperidine rings is 1. The number of carbonyl (C=O) groups excluding carboxylic acids is 1. The van der Waals surface area contributed by atoms with Crippen LogP contribution in [0.1, 0.15) is 50.5 Å². The Morgan fingerprint density at radius 1 is 1.12 bits per heavy atom. The minimum Gasteiger partial charge on any atom is -0.353 e. The topological polar surface area (TPSA) is 32.3 Å². The molecule has 1 heterocycles. The Kier molecular flexibility index (Phi) is 6.43. The Morgan fingerprint density at radius 2 is 1.92 bits per heavy atom. The van der Waals surface area contributed by atoms with Gasteiger partial charge in [0, 0.05) is 29.2 Å². The SMILES string of the molecule is O=C(NC1CCCCC1)C1CCCN(Cc2ccc(Cl)cc2Cl)C1. The highest BCUT2D eigenvalue weighted by atomic mass is 35.5. The molecule has 5 heteroatoms. The van der Waals surface area contributed by atoms with E-state index >= 15 is 0 Å². The number of amides is 1. The zero-order valence-corrected chi connectivity index (χ0v) is 15.6. The van der Waals surface area contributed by atoms with Crippen LogP contribution in [0.5, 0.6) is 0 Å². The van der Waals surface area contributed by atoms with Gasteiger partial charge in [-0.3, -0.25) is 9.69 Å². The molecule has 1 amide bonds. The van der Waals surface area contributed by atoms with E-state index < -0.39 is 0 Å². The number of benzene rings is 1. The van der Waals surface area contributed by atoms with Gasteiger partial charge in [0.05, 0.1) is 5.92 Å². The average molecular weight is 369 g/mol. The fraction of sp³-hybridized carbons (Fsp3) is 0.632. The second-order valence-corrected chi connectivity index (χ2v) is 8.00. The maximum atomic E-state index is 12.6. The van der Waals surface area contributed by atoms with E-state index in [0.29, 0.717) is 16.1 Å². The molecular formula is C19H26Cl2N2O. The number of halogens is 2. The van der Waals surface area contributed by atoms with Gasteiger partial charge in [0.15, 0.2) is 0 Å². The Labute approximate surface area is 154 Å². The van der Waals surface area contributed by atoms with Crippen molar-refractivity contribution in [2.24, 2.45) is 5.92 Å². The predicted octanol–water partition coefficient (Wildman–Crippen LogP) is 4.65. The Balaban J connectivity index is 1.54. The van der Waals surface area contributed by atoms with Crippen molar-refractivity contribution in [2.75, 3.05) is 13.1 Å². The van der Waals surface area contributed by atoms with E-state index in [-0.39, 0.29) is 11.8 Å². The van der Waals surface area contributed by atoms with Gasteiger partial charge in [-0.1, -0.05) is 48.5 Å². The molecule has 2 aliphatic rings. The first kappa shape index (κ1) is 18.0. The van der Waals surface area contributed by atoms with Crippen LogP contribution in [0.4, 0.5) is 0 Å². The minimum atomic E-state index is 0.103. The van der Waals surface area contributed by atoms with E-state index in [9.17, 15) is 4.79 Å². The van der Waals surface area contributed by atoms with Gasteiger partial charge in [0.25, 0.3) is 0 Å². The number of rotatable bonds is 4. The molecule has 1 saturated carbocycles. The van der Waals surface area contributed by atoms with Crippen LogP contribution >= 0.6 is 23.2 Å². The molecule has 0 radical (unpaired) electrons. The molecule has 3 rings (SSSR count). The van der Waals surface area contributed by atoms with Gasteiger partial charge in [0.2, 0.25) is 5.91 Å². The van der Waals surface area contributed by atoms with Crippen LogP contribution in [0, 0.1) is 5.92 Å². The monoisotopic (exact) mass is 368 g/mol. The summed E-state index contributed by atoms with van der Waals surface area (Å²) in [5.41, 5.74) is 1.08. The fourth-order valence-corrected chi connectivity index (χ4v) is 4.34. The standard InChI is InChI=1S/C19H26Cl2N2O/c20-16-9-8-14(18(21)11-16)12-23-10-4-5-15(13-23)19(24)22-17-6-2-1-3-7-17/h8-9,11,15,17H,1-7,10,12-13H2,(H,22,24). The van der Waals surface area contributed by atoms with Crippen molar-refractivity contribution < 1.29 is 4.79 Å². The Hall–Kier alpha value is -0.770. The summed E-state index contributed by atoms with van der Waals surface area (Å²) in [4.78, 5) is 14.9. The number of likely N-dealkylation sites (tertiary alicyclic amines) is 1. The number of hydrogen-bond acceptors (Lipinski definition) is 2. The summed E-state index contributed by atoms with van der Waals surface area (Å²) in [6.45, 7) is 2.62. The van der Waals surface area contributed by atoms with Crippen molar-refractivity contribution in [3.05, 3.63) is 33.8 Å². The average Bonchev–Trinajstić information content (AvgIpc) is 2.59. The maximum Gasteiger partial charge on any atom is 0.224 e. The van der Waals surface area contributed by atoms with Crippen molar-refractivity contribution >= 4 is 29.1 Å². The molecule has 1 aromatic carbocycles. The van der Waals surface area contributed by atoms with E-state index in [4.69, 9.17) is 23.2 Å². The van der Waals surface area contributed by atoms with E-state index in [2.05, 4.69) is 10.2 Å². The lowest BCUT2D eigenvalue weighted by Gasteiger charge is -2.33. The van der Waals surface area contributed by atoms with Gasteiger partial charge in [-0.15, -0.1) is 0 Å². The summed E-state index contributed by atoms with van der Waals surface area (Å²) in [6.07, 6.45) is 8.14. The highest BCUT2D eigenvalue weighted by molar-refractivity contribution is 6.35. The quantitative estimate of drug-likeness (QED) is 0.838. The van der Waals surface area contributed by atoms with Crippen molar-refractivity contribution in [3.63, 3.8) is 0 Å². The molecule has 1 N–H and O–H groups in total. The molecule has 0 bridgehead atoms. The molecule has 24 heavy (non-hydrogen) atoms. The van der Waals surface area contributed by atoms with E-state index in [1.54, 1.807) is 6.07 Å². The predicted molar refractivity (Wildman–Crippen MR) is 99.5 cm³/mol. The normalized spacial score (nSPS) is 23.2. The van der Waals surface area contributed by atoms with Crippen molar-refractivity contribution in [1.29, 1.82) is 0 Å². The molecule has 0 aromatic heterocycles. The van der Waals surface area contributed by atoms with Crippen LogP contribution in [0.15, 0.2) is 18.2 Å². The van der Waals surface area contributed by atoms with Crippen LogP contribution in [-0.4, -0.2) is 29.9 Å². The van der Waals surface area contributed by atoms with Crippen LogP contribution in [-0.2, 0) is 11.3 Å². The lowest BCUT2D eigenvalue weighted by molar-refractivity contribution is -0.127. The lowest BCUT2D eigenvalue weighted by Crippen LogP contribution is -2.46. The zero-order valence-electron chi connectivity index (χ0n) is 14.1. The fourth-order valence-electron chi connectivity index (χ4n) is 3.87. The molecule has 1 unspecified atom stereocenters. The largest absolute Gasteiger partial charge is 0.353 e. The van der Waals surface area contributed by atoms with Gasteiger partial charge in [-0.05, 0) is 49.9 Å². The molecule has 3 nitrogen and oxygen atoms in total. The molecule has 1 atom stereocenters. The van der Waals surface area contributed by atoms with Crippen LogP contribution < -0.4 is 5.32 Å². The highest BCUT2D eigenvalue weighted by Gasteiger charge is 2.27. The van der Waals surface area contributed by atoms with E-state index in [1.807, 2.05) is 12.1 Å². The number of nitrogens with one attached hydrogen (secondary N) is 1. The number of carbonyl (C=O) groups is 1. The van der Waals surface area contributed by atoms with Gasteiger partial charge in [-0.25, -0.2) is 0 Å². The van der Waals surface area contributed by atoms with E-state index in [1.165, 1.54) is 19.3 Å². The van der Waals surface area contributed by atoms with Gasteiger partial charge < -0.3 is 5.32 Å². The van der Waals surface area contributed by atoms with Gasteiger partial charge in [0.1, 0.15) is 0 Å². The first-order valence-electron chi connectivity index (χ1n) is 9.08. The summed E-state index contributed by atoms with van der Waals surface area (Å²) in [5.74, 6) is 0.348. The molecule has 1 aliphatic carbocycles. The smallest absolute Gasteiger partial charge is 0.224 e. The van der Waals surface area contributed by atoms with Crippen LogP contribution in [0.2, 0.25) is 10.0 Å². The Morgan fingerprint density at radius 3 is 2.67 bits per heavy atom. The summed E-state index contributed by atoms with van der Waals surface area (Å²) >= 11 is 12.3. The Bertz CT molecular complexity index is 572. The van der Waals surface area contributed by atoms with Gasteiger partial charge in [-0.2, -0.15) is 0 Å². The van der Waals surface area contributed by atoms with Crippen LogP contribution in [0.3, 0.4) is 0 Å². The third kappa shape index (κ3) is 4.87. The molecule has 1 aliphatic heterocycles. The molecule has 1 saturated heterocycles. The summed E-state index contributed by atoms with van der Waals surface area (Å²) in [6, 6.07) is 6.04. The van der Waals surface area contributed by atoms with E-state index in [0.717, 1.165) is 50.9 Å². The molecule has 0 spiro atoms. The van der Waals surface area contributed by atoms with Crippen molar-refractivity contribution in [2.45, 2.75) is 57.5 Å². The third-order valence-electron chi connectivity index (χ3n) is 5.24. The summed E-state index contributed by atoms with van der Waals surface area (Å²) in [7, 11) is 0. The number of nitrogens with zero attached hydrogens (tertiary/aromatic N) is 1. The second-order valence-electron chi connectivity index (χ2n) is 7.15. The number of hydrogen-bond donors (Lipinski definition) is 1. The first-order valence-corrected chi connectivity index (χ1v) is 9.84. The maximum absolute atomic E-state index is 12.6. The lowest BCUT2D eigenvalue weighted by atomic mass is 9.93. The van der Waals surface area contributed by atoms with Crippen molar-refractivity contribution in [1.82, 2.24) is 10.2 Å². The highest BCUT2D eigenvalue weighted by Crippen LogP contribution is 2.25. The zero-order chi connectivity index (χ0) is 16.9. The summed E-state index contributed by atoms with van der Waals surface area (Å²) < 4.78 is 0. The summed E-state index contributed by atoms with van der Waals surface area (Å²) in [5, 5.41) is 4.65. The molecule has 1 aromatic rings. The van der Waals surface area contributed by atoms with Gasteiger partial charge >= 0.3 is 0 Å². The van der Waals surface area contributed by atoms with Crippen molar-refractivity contribution in [3.8, 4) is 0 Å².